The molecule has 2 N–H and O–H groups in total. The van der Waals surface area contributed by atoms with Gasteiger partial charge < -0.3 is 14.9 Å². The number of hydrogen-bond donors (Lipinski definition) is 2. The summed E-state index contributed by atoms with van der Waals surface area (Å²) in [5.41, 5.74) is 1.11. The molecule has 0 aliphatic heterocycles. The lowest BCUT2D eigenvalue weighted by Crippen LogP contribution is -2.28. The Bertz CT molecular complexity index is 893. The Morgan fingerprint density at radius 2 is 1.63 bits per heavy atom. The van der Waals surface area contributed by atoms with Gasteiger partial charge >= 0.3 is 5.97 Å². The Morgan fingerprint density at radius 3 is 2.19 bits per heavy atom. The van der Waals surface area contributed by atoms with E-state index in [-0.39, 0.29) is 28.9 Å². The Balaban J connectivity index is 2.49. The van der Waals surface area contributed by atoms with E-state index < -0.39 is 29.4 Å². The van der Waals surface area contributed by atoms with Crippen LogP contribution < -0.4 is 0 Å². The van der Waals surface area contributed by atoms with E-state index in [2.05, 4.69) is 0 Å². The number of carbonyl (C=O) groups is 3. The van der Waals surface area contributed by atoms with Gasteiger partial charge in [0.25, 0.3) is 0 Å². The average molecular weight is 370 g/mol. The van der Waals surface area contributed by atoms with Crippen molar-refractivity contribution in [3.05, 3.63) is 58.2 Å². The van der Waals surface area contributed by atoms with Crippen LogP contribution in [0.25, 0.3) is 0 Å². The van der Waals surface area contributed by atoms with Gasteiger partial charge in [0, 0.05) is 18.1 Å². The molecule has 0 radical (unpaired) electrons. The summed E-state index contributed by atoms with van der Waals surface area (Å²) in [4.78, 5) is 37.4. The summed E-state index contributed by atoms with van der Waals surface area (Å²) in [7, 11) is 0. The summed E-state index contributed by atoms with van der Waals surface area (Å²) in [5.74, 6) is -2.72. The number of Topliss-reactive ketones (excluding diaryl/α,β-unsaturated/α-hetero) is 1. The largest absolute Gasteiger partial charge is 0.507 e. The molecule has 1 aromatic rings. The van der Waals surface area contributed by atoms with Gasteiger partial charge in [-0.1, -0.05) is 17.2 Å². The van der Waals surface area contributed by atoms with Gasteiger partial charge in [-0.3, -0.25) is 9.59 Å². The second-order valence-corrected chi connectivity index (χ2v) is 6.81. The van der Waals surface area contributed by atoms with Gasteiger partial charge in [-0.2, -0.15) is 0 Å². The molecule has 6 nitrogen and oxygen atoms in total. The third-order valence-electron chi connectivity index (χ3n) is 3.94. The average Bonchev–Trinajstić information content (AvgIpc) is 2.56. The lowest BCUT2D eigenvalue weighted by atomic mass is 9.85. The summed E-state index contributed by atoms with van der Waals surface area (Å²) in [5, 5.41) is 19.9. The molecule has 0 aromatic heterocycles. The molecule has 0 saturated carbocycles. The molecule has 0 heterocycles. The topological polar surface area (TPSA) is 101 Å². The van der Waals surface area contributed by atoms with E-state index in [1.54, 1.807) is 19.9 Å². The maximum atomic E-state index is 12.9. The van der Waals surface area contributed by atoms with Crippen LogP contribution in [0.1, 0.15) is 54.8 Å². The van der Waals surface area contributed by atoms with Crippen molar-refractivity contribution < 1.29 is 29.3 Å². The van der Waals surface area contributed by atoms with Crippen LogP contribution in [0.4, 0.5) is 0 Å². The van der Waals surface area contributed by atoms with Gasteiger partial charge in [0.2, 0.25) is 0 Å². The number of benzene rings is 1. The number of ketones is 2. The van der Waals surface area contributed by atoms with Crippen molar-refractivity contribution in [2.45, 2.75) is 40.2 Å². The van der Waals surface area contributed by atoms with Crippen molar-refractivity contribution in [3.8, 4) is 11.5 Å². The summed E-state index contributed by atoms with van der Waals surface area (Å²) in [6.45, 7) is 7.18. The summed E-state index contributed by atoms with van der Waals surface area (Å²) in [6, 6.07) is 2.29. The van der Waals surface area contributed by atoms with Crippen LogP contribution in [0.5, 0.6) is 11.5 Å². The number of ether oxygens (including phenoxy) is 1. The number of allylic oxidation sites excluding steroid dienone is 3. The molecule has 27 heavy (non-hydrogen) atoms. The van der Waals surface area contributed by atoms with E-state index in [1.807, 2.05) is 13.8 Å². The first-order chi connectivity index (χ1) is 12.6. The standard InChI is InChI=1S/C21H22O6/c1-11(2)5-8-17(27-18(25)9-12(3)4)13-10-16(24)19-14(22)6-7-15(23)20(19)21(13)26/h5-7,9-10,17,22-23H,8H2,1-4H3/t17-/m1/s1. The molecule has 6 heteroatoms. The highest BCUT2D eigenvalue weighted by Crippen LogP contribution is 2.36. The number of esters is 1. The second kappa shape index (κ2) is 8.03. The van der Waals surface area contributed by atoms with E-state index >= 15 is 0 Å². The first kappa shape index (κ1) is 20.2. The van der Waals surface area contributed by atoms with Gasteiger partial charge in [0.15, 0.2) is 11.6 Å². The molecule has 0 saturated heterocycles. The lowest BCUT2D eigenvalue weighted by molar-refractivity contribution is -0.141. The molecule has 1 aromatic carbocycles. The lowest BCUT2D eigenvalue weighted by Gasteiger charge is -2.23. The first-order valence-corrected chi connectivity index (χ1v) is 8.46. The van der Waals surface area contributed by atoms with Gasteiger partial charge in [-0.25, -0.2) is 4.79 Å². The molecule has 1 aliphatic rings. The highest BCUT2D eigenvalue weighted by Gasteiger charge is 2.35. The normalized spacial score (nSPS) is 14.0. The van der Waals surface area contributed by atoms with Gasteiger partial charge in [-0.05, 0) is 45.9 Å². The summed E-state index contributed by atoms with van der Waals surface area (Å²) in [6.07, 6.45) is 3.35. The number of carbonyl (C=O) groups excluding carboxylic acids is 3. The molecular weight excluding hydrogens is 348 g/mol. The fourth-order valence-corrected chi connectivity index (χ4v) is 2.71. The van der Waals surface area contributed by atoms with Crippen molar-refractivity contribution >= 4 is 17.5 Å². The van der Waals surface area contributed by atoms with Gasteiger partial charge in [0.05, 0.1) is 11.1 Å². The minimum atomic E-state index is -0.991. The number of hydrogen-bond acceptors (Lipinski definition) is 6. The van der Waals surface area contributed by atoms with Crippen LogP contribution in [0.2, 0.25) is 0 Å². The molecule has 142 valence electrons. The van der Waals surface area contributed by atoms with E-state index in [1.165, 1.54) is 6.08 Å². The van der Waals surface area contributed by atoms with Crippen LogP contribution in [0, 0.1) is 0 Å². The molecular formula is C21H22O6. The monoisotopic (exact) mass is 370 g/mol. The van der Waals surface area contributed by atoms with Crippen LogP contribution in [-0.4, -0.2) is 33.9 Å². The molecule has 0 unspecified atom stereocenters. The molecule has 1 aliphatic carbocycles. The third kappa shape index (κ3) is 4.53. The zero-order valence-electron chi connectivity index (χ0n) is 15.7. The van der Waals surface area contributed by atoms with Gasteiger partial charge in [-0.15, -0.1) is 0 Å². The number of aromatic hydroxyl groups is 2. The quantitative estimate of drug-likeness (QED) is 0.355. The Kier molecular flexibility index (Phi) is 6.00. The first-order valence-electron chi connectivity index (χ1n) is 8.46. The van der Waals surface area contributed by atoms with Gasteiger partial charge in [0.1, 0.15) is 17.6 Å². The van der Waals surface area contributed by atoms with Crippen molar-refractivity contribution in [3.63, 3.8) is 0 Å². The Morgan fingerprint density at radius 1 is 1.04 bits per heavy atom. The van der Waals surface area contributed by atoms with Crippen LogP contribution in [0.15, 0.2) is 47.1 Å². The molecule has 0 spiro atoms. The Hall–Kier alpha value is -3.15. The van der Waals surface area contributed by atoms with E-state index in [9.17, 15) is 24.6 Å². The highest BCUT2D eigenvalue weighted by molar-refractivity contribution is 6.27. The molecule has 0 fully saturated rings. The molecule has 2 rings (SSSR count). The van der Waals surface area contributed by atoms with Crippen LogP contribution >= 0.6 is 0 Å². The van der Waals surface area contributed by atoms with Crippen molar-refractivity contribution in [1.29, 1.82) is 0 Å². The van der Waals surface area contributed by atoms with E-state index in [0.717, 1.165) is 29.4 Å². The van der Waals surface area contributed by atoms with Crippen molar-refractivity contribution in [2.24, 2.45) is 0 Å². The predicted octanol–water partition coefficient (Wildman–Crippen LogP) is 3.64. The minimum absolute atomic E-state index is 0.0404. The SMILES string of the molecule is CC(C)=CC[C@@H](OC(=O)C=C(C)C)C1=CC(=O)c2c(O)ccc(O)c2C1=O. The number of fused-ring (bicyclic) bond motifs is 1. The maximum absolute atomic E-state index is 12.9. The number of phenols is 2. The zero-order valence-corrected chi connectivity index (χ0v) is 15.7. The fourth-order valence-electron chi connectivity index (χ4n) is 2.71. The van der Waals surface area contributed by atoms with E-state index in [0.29, 0.717) is 0 Å². The Labute approximate surface area is 157 Å². The fraction of sp³-hybridized carbons (Fsp3) is 0.286. The molecule has 0 amide bonds. The molecule has 0 bridgehead atoms. The smallest absolute Gasteiger partial charge is 0.331 e. The van der Waals surface area contributed by atoms with Crippen LogP contribution in [0.3, 0.4) is 0 Å². The number of phenolic OH excluding ortho intramolecular Hbond substituents is 2. The van der Waals surface area contributed by atoms with E-state index in [4.69, 9.17) is 4.74 Å². The maximum Gasteiger partial charge on any atom is 0.331 e. The predicted molar refractivity (Wildman–Crippen MR) is 99.9 cm³/mol. The molecule has 1 atom stereocenters. The third-order valence-corrected chi connectivity index (χ3v) is 3.94. The highest BCUT2D eigenvalue weighted by atomic mass is 16.5. The van der Waals surface area contributed by atoms with Crippen molar-refractivity contribution in [1.82, 2.24) is 0 Å². The number of rotatable bonds is 5. The van der Waals surface area contributed by atoms with Crippen molar-refractivity contribution in [2.75, 3.05) is 0 Å². The van der Waals surface area contributed by atoms with Crippen LogP contribution in [-0.2, 0) is 9.53 Å². The second-order valence-electron chi connectivity index (χ2n) is 6.81. The zero-order chi connectivity index (χ0) is 20.3. The summed E-state index contributed by atoms with van der Waals surface area (Å²) >= 11 is 0. The minimum Gasteiger partial charge on any atom is -0.507 e. The summed E-state index contributed by atoms with van der Waals surface area (Å²) < 4.78 is 5.41.